The average Bonchev–Trinajstić information content (AvgIpc) is 2.45. The van der Waals surface area contributed by atoms with Gasteiger partial charge in [-0.15, -0.1) is 0 Å². The van der Waals surface area contributed by atoms with Gasteiger partial charge in [-0.2, -0.15) is 0 Å². The van der Waals surface area contributed by atoms with Crippen molar-refractivity contribution in [2.75, 3.05) is 0 Å². The van der Waals surface area contributed by atoms with Crippen molar-refractivity contribution >= 4 is 17.8 Å². The molecule has 1 unspecified atom stereocenters. The van der Waals surface area contributed by atoms with Gasteiger partial charge in [0.25, 0.3) is 0 Å². The first kappa shape index (κ1) is 17.1. The van der Waals surface area contributed by atoms with E-state index in [4.69, 9.17) is 4.74 Å². The number of esters is 1. The van der Waals surface area contributed by atoms with Gasteiger partial charge in [0.2, 0.25) is 0 Å². The summed E-state index contributed by atoms with van der Waals surface area (Å²) >= 11 is 0. The highest BCUT2D eigenvalue weighted by molar-refractivity contribution is 5.97. The van der Waals surface area contributed by atoms with E-state index in [0.29, 0.717) is 37.7 Å². The molecule has 1 aromatic carbocycles. The maximum Gasteiger partial charge on any atom is 0.342 e. The summed E-state index contributed by atoms with van der Waals surface area (Å²) in [5.74, 6) is -0.824. The second kappa shape index (κ2) is 7.81. The highest BCUT2D eigenvalue weighted by Gasteiger charge is 2.20. The molecule has 124 valence electrons. The van der Waals surface area contributed by atoms with Crippen LogP contribution in [0.4, 0.5) is 0 Å². The van der Waals surface area contributed by atoms with Crippen molar-refractivity contribution in [2.24, 2.45) is 0 Å². The number of carbonyl (C=O) groups excluding carboxylic acids is 2. The fourth-order valence-corrected chi connectivity index (χ4v) is 2.63. The number of ketones is 1. The zero-order valence-corrected chi connectivity index (χ0v) is 13.2. The van der Waals surface area contributed by atoms with Crippen LogP contribution in [0, 0.1) is 0 Å². The summed E-state index contributed by atoms with van der Waals surface area (Å²) < 4.78 is 5.35. The molecule has 5 nitrogen and oxygen atoms in total. The summed E-state index contributed by atoms with van der Waals surface area (Å²) in [4.78, 5) is 24.0. The number of hydrogen-bond donors (Lipinski definition) is 2. The Balaban J connectivity index is 2.32. The van der Waals surface area contributed by atoms with Crippen LogP contribution in [0.1, 0.15) is 61.4 Å². The molecule has 0 fully saturated rings. The van der Waals surface area contributed by atoms with Crippen molar-refractivity contribution in [3.05, 3.63) is 29.3 Å². The Bertz CT molecular complexity index is 618. The molecule has 1 aliphatic heterocycles. The molecule has 0 aliphatic carbocycles. The van der Waals surface area contributed by atoms with Crippen LogP contribution in [0.15, 0.2) is 18.2 Å². The number of hydrogen-bond acceptors (Lipinski definition) is 5. The predicted molar refractivity (Wildman–Crippen MR) is 86.4 cm³/mol. The summed E-state index contributed by atoms with van der Waals surface area (Å²) in [5, 5.41) is 19.6. The number of fused-ring (bicyclic) bond motifs is 1. The first-order chi connectivity index (χ1) is 11.0. The van der Waals surface area contributed by atoms with Gasteiger partial charge in [-0.05, 0) is 44.2 Å². The smallest absolute Gasteiger partial charge is 0.342 e. The van der Waals surface area contributed by atoms with Crippen LogP contribution in [0.2, 0.25) is 0 Å². The van der Waals surface area contributed by atoms with Crippen LogP contribution in [-0.4, -0.2) is 28.1 Å². The van der Waals surface area contributed by atoms with Gasteiger partial charge >= 0.3 is 5.97 Å². The Morgan fingerprint density at radius 1 is 1.13 bits per heavy atom. The van der Waals surface area contributed by atoms with Crippen molar-refractivity contribution < 1.29 is 24.5 Å². The Kier molecular flexibility index (Phi) is 5.79. The lowest BCUT2D eigenvalue weighted by Gasteiger charge is -2.15. The highest BCUT2D eigenvalue weighted by atomic mass is 16.5. The number of Topliss-reactive ketones (excluding diaryl/α,β-unsaturated/α-hetero) is 1. The summed E-state index contributed by atoms with van der Waals surface area (Å²) in [6, 6.07) is 2.54. The molecule has 0 saturated carbocycles. The Hall–Kier alpha value is -2.30. The maximum absolute atomic E-state index is 12.3. The molecule has 1 aliphatic rings. The highest BCUT2D eigenvalue weighted by Crippen LogP contribution is 2.29. The van der Waals surface area contributed by atoms with Gasteiger partial charge in [0.05, 0.1) is 6.10 Å². The van der Waals surface area contributed by atoms with Gasteiger partial charge in [0, 0.05) is 18.9 Å². The molecule has 0 spiro atoms. The number of carbonyl (C=O) groups is 2. The molecule has 0 amide bonds. The normalized spacial score (nSPS) is 21.9. The Morgan fingerprint density at radius 2 is 1.87 bits per heavy atom. The van der Waals surface area contributed by atoms with Crippen LogP contribution in [0.5, 0.6) is 11.5 Å². The van der Waals surface area contributed by atoms with Crippen LogP contribution in [0.3, 0.4) is 0 Å². The lowest BCUT2D eigenvalue weighted by atomic mass is 10.0. The van der Waals surface area contributed by atoms with Crippen LogP contribution in [-0.2, 0) is 9.53 Å². The molecule has 1 aromatic rings. The van der Waals surface area contributed by atoms with E-state index in [9.17, 15) is 19.8 Å². The molecule has 0 saturated heterocycles. The van der Waals surface area contributed by atoms with Crippen LogP contribution in [0.25, 0.3) is 6.08 Å². The molecule has 1 heterocycles. The minimum atomic E-state index is -0.627. The molecule has 0 aromatic heterocycles. The third-order valence-electron chi connectivity index (χ3n) is 3.84. The number of rotatable bonds is 0. The largest absolute Gasteiger partial charge is 0.508 e. The van der Waals surface area contributed by atoms with Gasteiger partial charge in [-0.3, -0.25) is 4.79 Å². The van der Waals surface area contributed by atoms with Gasteiger partial charge < -0.3 is 14.9 Å². The maximum atomic E-state index is 12.3. The minimum absolute atomic E-state index is 0.0547. The van der Waals surface area contributed by atoms with Gasteiger partial charge in [0.1, 0.15) is 22.8 Å². The van der Waals surface area contributed by atoms with Gasteiger partial charge in [0.15, 0.2) is 0 Å². The fraction of sp³-hybridized carbons (Fsp3) is 0.444. The van der Waals surface area contributed by atoms with Crippen LogP contribution < -0.4 is 0 Å². The quantitative estimate of drug-likeness (QED) is 0.714. The number of aromatic hydroxyl groups is 2. The first-order valence-corrected chi connectivity index (χ1v) is 7.92. The van der Waals surface area contributed by atoms with Crippen molar-refractivity contribution in [3.8, 4) is 11.5 Å². The third-order valence-corrected chi connectivity index (χ3v) is 3.84. The number of phenolic OH excluding ortho intramolecular Hbond substituents is 2. The summed E-state index contributed by atoms with van der Waals surface area (Å²) in [6.45, 7) is 1.77. The lowest BCUT2D eigenvalue weighted by Crippen LogP contribution is -2.16. The van der Waals surface area contributed by atoms with E-state index in [2.05, 4.69) is 0 Å². The van der Waals surface area contributed by atoms with E-state index in [1.807, 2.05) is 6.08 Å². The molecule has 0 bridgehead atoms. The second-order valence-electron chi connectivity index (χ2n) is 5.87. The molecular formula is C18H22O5. The molecule has 2 rings (SSSR count). The van der Waals surface area contributed by atoms with Crippen molar-refractivity contribution in [1.29, 1.82) is 0 Å². The zero-order chi connectivity index (χ0) is 16.8. The number of benzene rings is 1. The minimum Gasteiger partial charge on any atom is -0.508 e. The topological polar surface area (TPSA) is 83.8 Å². The van der Waals surface area contributed by atoms with E-state index >= 15 is 0 Å². The number of allylic oxidation sites excluding steroid dienone is 1. The molecule has 2 N–H and O–H groups in total. The van der Waals surface area contributed by atoms with E-state index in [-0.39, 0.29) is 28.9 Å². The standard InChI is InChI=1S/C18H22O5/c1-12-6-5-9-14(19)8-4-2-3-7-13-10-15(20)11-16(21)17(13)18(22)23-12/h3,7,10-12,20-21H,2,4-6,8-9H2,1H3/b7-3+. The average molecular weight is 318 g/mol. The summed E-state index contributed by atoms with van der Waals surface area (Å²) in [5.41, 5.74) is 0.460. The lowest BCUT2D eigenvalue weighted by molar-refractivity contribution is -0.119. The monoisotopic (exact) mass is 318 g/mol. The van der Waals surface area contributed by atoms with Gasteiger partial charge in [-0.1, -0.05) is 12.2 Å². The van der Waals surface area contributed by atoms with E-state index in [1.54, 1.807) is 13.0 Å². The molecular weight excluding hydrogens is 296 g/mol. The Morgan fingerprint density at radius 3 is 2.65 bits per heavy atom. The van der Waals surface area contributed by atoms with E-state index in [1.165, 1.54) is 6.07 Å². The van der Waals surface area contributed by atoms with Crippen molar-refractivity contribution in [1.82, 2.24) is 0 Å². The number of phenols is 2. The zero-order valence-electron chi connectivity index (χ0n) is 13.2. The first-order valence-electron chi connectivity index (χ1n) is 7.92. The molecule has 1 atom stereocenters. The third kappa shape index (κ3) is 4.84. The van der Waals surface area contributed by atoms with Crippen molar-refractivity contribution in [3.63, 3.8) is 0 Å². The summed E-state index contributed by atoms with van der Waals surface area (Å²) in [7, 11) is 0. The number of ether oxygens (including phenoxy) is 1. The summed E-state index contributed by atoms with van der Waals surface area (Å²) in [6.07, 6.45) is 6.90. The predicted octanol–water partition coefficient (Wildman–Crippen LogP) is 3.58. The number of cyclic esters (lactones) is 1. The SMILES string of the molecule is CC1CCCC(=O)CCC/C=C/c2cc(O)cc(O)c2C(=O)O1. The van der Waals surface area contributed by atoms with Crippen molar-refractivity contribution in [2.45, 2.75) is 51.6 Å². The fourth-order valence-electron chi connectivity index (χ4n) is 2.63. The molecule has 23 heavy (non-hydrogen) atoms. The second-order valence-corrected chi connectivity index (χ2v) is 5.87. The molecule has 5 heteroatoms. The van der Waals surface area contributed by atoms with E-state index in [0.717, 1.165) is 12.5 Å². The van der Waals surface area contributed by atoms with Crippen LogP contribution >= 0.6 is 0 Å². The molecule has 0 radical (unpaired) electrons. The van der Waals surface area contributed by atoms with Gasteiger partial charge in [-0.25, -0.2) is 4.79 Å². The Labute approximate surface area is 135 Å². The van der Waals surface area contributed by atoms with E-state index < -0.39 is 5.97 Å².